The summed E-state index contributed by atoms with van der Waals surface area (Å²) in [5, 5.41) is 0. The second kappa shape index (κ2) is 7.05. The summed E-state index contributed by atoms with van der Waals surface area (Å²) in [5.41, 5.74) is 3.66. The molecule has 6 heteroatoms. The van der Waals surface area contributed by atoms with E-state index in [0.717, 1.165) is 12.1 Å². The van der Waals surface area contributed by atoms with Crippen LogP contribution < -0.4 is 25.5 Å². The van der Waals surface area contributed by atoms with Crippen molar-refractivity contribution in [2.45, 2.75) is 6.54 Å². The number of nitrogens with two attached hydrogens (primary N) is 1. The van der Waals surface area contributed by atoms with Crippen LogP contribution in [0.1, 0.15) is 5.56 Å². The van der Waals surface area contributed by atoms with Crippen LogP contribution in [0, 0.1) is 0 Å². The van der Waals surface area contributed by atoms with Gasteiger partial charge in [0.1, 0.15) is 0 Å². The first kappa shape index (κ1) is 14.6. The van der Waals surface area contributed by atoms with E-state index >= 15 is 0 Å². The quantitative estimate of drug-likeness (QED) is 0.421. The predicted molar refractivity (Wildman–Crippen MR) is 69.8 cm³/mol. The fourth-order valence-corrected chi connectivity index (χ4v) is 1.75. The van der Waals surface area contributed by atoms with Crippen molar-refractivity contribution in [2.75, 3.05) is 35.0 Å². The van der Waals surface area contributed by atoms with Crippen LogP contribution in [0.5, 0.6) is 17.2 Å². The molecule has 1 aromatic rings. The lowest BCUT2D eigenvalue weighted by Gasteiger charge is -2.18. The molecule has 0 saturated carbocycles. The number of benzene rings is 1. The number of hydrogen-bond acceptors (Lipinski definition) is 6. The summed E-state index contributed by atoms with van der Waals surface area (Å²) in [6, 6.07) is 3.85. The van der Waals surface area contributed by atoms with Crippen molar-refractivity contribution >= 4 is 0 Å². The van der Waals surface area contributed by atoms with Crippen molar-refractivity contribution in [2.24, 2.45) is 5.84 Å². The summed E-state index contributed by atoms with van der Waals surface area (Å²) in [6.45, 7) is 1.32. The highest BCUT2D eigenvalue weighted by atomic mass is 16.5. The van der Waals surface area contributed by atoms with Crippen LogP contribution in [0.15, 0.2) is 12.1 Å². The first-order valence-electron chi connectivity index (χ1n) is 5.57. The molecule has 0 bridgehead atoms. The van der Waals surface area contributed by atoms with E-state index in [-0.39, 0.29) is 0 Å². The second-order valence-electron chi connectivity index (χ2n) is 3.91. The second-order valence-corrected chi connectivity index (χ2v) is 3.91. The van der Waals surface area contributed by atoms with Crippen molar-refractivity contribution in [1.82, 2.24) is 10.3 Å². The molecule has 0 fully saturated rings. The molecule has 0 aliphatic heterocycles. The first-order chi connectivity index (χ1) is 8.65. The highest BCUT2D eigenvalue weighted by molar-refractivity contribution is 5.53. The number of nitrogens with one attached hydrogen (secondary N) is 1. The fourth-order valence-electron chi connectivity index (χ4n) is 1.75. The summed E-state index contributed by atoms with van der Waals surface area (Å²) in [7, 11) is 6.76. The highest BCUT2D eigenvalue weighted by Gasteiger charge is 2.13. The van der Waals surface area contributed by atoms with Gasteiger partial charge in [0.2, 0.25) is 5.75 Å². The summed E-state index contributed by atoms with van der Waals surface area (Å²) >= 11 is 0. The first-order valence-corrected chi connectivity index (χ1v) is 5.57. The lowest BCUT2D eigenvalue weighted by atomic mass is 10.1. The van der Waals surface area contributed by atoms with Crippen LogP contribution in [0.25, 0.3) is 0 Å². The van der Waals surface area contributed by atoms with Crippen molar-refractivity contribution in [1.29, 1.82) is 0 Å². The fraction of sp³-hybridized carbons (Fsp3) is 0.500. The SMILES string of the molecule is COc1cc(CN(C)CNN)cc(OC)c1OC. The zero-order valence-electron chi connectivity index (χ0n) is 11.3. The Morgan fingerprint density at radius 3 is 2.06 bits per heavy atom. The topological polar surface area (TPSA) is 69.0 Å². The van der Waals surface area contributed by atoms with Gasteiger partial charge in [0.15, 0.2) is 11.5 Å². The van der Waals surface area contributed by atoms with Crippen LogP contribution in [0.2, 0.25) is 0 Å². The molecule has 18 heavy (non-hydrogen) atoms. The average molecular weight is 255 g/mol. The zero-order chi connectivity index (χ0) is 13.5. The van der Waals surface area contributed by atoms with E-state index in [4.69, 9.17) is 20.1 Å². The van der Waals surface area contributed by atoms with Gasteiger partial charge in [0.25, 0.3) is 0 Å². The van der Waals surface area contributed by atoms with E-state index in [1.165, 1.54) is 0 Å². The molecule has 0 amide bonds. The summed E-state index contributed by atoms with van der Waals surface area (Å²) in [6.07, 6.45) is 0. The Morgan fingerprint density at radius 1 is 1.11 bits per heavy atom. The number of ether oxygens (including phenoxy) is 3. The molecule has 0 aliphatic rings. The van der Waals surface area contributed by atoms with E-state index in [2.05, 4.69) is 5.43 Å². The van der Waals surface area contributed by atoms with Gasteiger partial charge in [-0.3, -0.25) is 10.7 Å². The van der Waals surface area contributed by atoms with E-state index in [1.54, 1.807) is 21.3 Å². The van der Waals surface area contributed by atoms with Gasteiger partial charge in [-0.25, -0.2) is 5.43 Å². The Labute approximate surface area is 108 Å². The van der Waals surface area contributed by atoms with E-state index in [0.29, 0.717) is 23.9 Å². The molecule has 0 atom stereocenters. The number of rotatable bonds is 7. The Bertz CT molecular complexity index is 360. The third-order valence-corrected chi connectivity index (χ3v) is 2.54. The summed E-state index contributed by atoms with van der Waals surface area (Å²) < 4.78 is 15.9. The minimum atomic E-state index is 0.594. The third-order valence-electron chi connectivity index (χ3n) is 2.54. The normalized spacial score (nSPS) is 10.6. The van der Waals surface area contributed by atoms with Crippen molar-refractivity contribution < 1.29 is 14.2 Å². The molecular weight excluding hydrogens is 234 g/mol. The molecule has 0 unspecified atom stereocenters. The molecule has 0 saturated heterocycles. The van der Waals surface area contributed by atoms with Crippen molar-refractivity contribution in [3.63, 3.8) is 0 Å². The van der Waals surface area contributed by atoms with Gasteiger partial charge in [-0.05, 0) is 24.7 Å². The van der Waals surface area contributed by atoms with Gasteiger partial charge in [0.05, 0.1) is 28.0 Å². The number of nitrogens with zero attached hydrogens (tertiary/aromatic N) is 1. The van der Waals surface area contributed by atoms with Crippen LogP contribution in [-0.4, -0.2) is 39.9 Å². The van der Waals surface area contributed by atoms with Gasteiger partial charge in [-0.15, -0.1) is 0 Å². The third kappa shape index (κ3) is 3.49. The smallest absolute Gasteiger partial charge is 0.203 e. The average Bonchev–Trinajstić information content (AvgIpc) is 2.37. The van der Waals surface area contributed by atoms with Gasteiger partial charge in [-0.2, -0.15) is 0 Å². The Morgan fingerprint density at radius 2 is 1.67 bits per heavy atom. The van der Waals surface area contributed by atoms with Crippen LogP contribution >= 0.6 is 0 Å². The van der Waals surface area contributed by atoms with Gasteiger partial charge >= 0.3 is 0 Å². The lowest BCUT2D eigenvalue weighted by molar-refractivity contribution is 0.296. The maximum absolute atomic E-state index is 5.30. The minimum absolute atomic E-state index is 0.594. The molecule has 0 spiro atoms. The highest BCUT2D eigenvalue weighted by Crippen LogP contribution is 2.38. The van der Waals surface area contributed by atoms with Crippen LogP contribution in [0.3, 0.4) is 0 Å². The standard InChI is InChI=1S/C12H21N3O3/c1-15(8-14-13)7-9-5-10(16-2)12(18-4)11(6-9)17-3/h5-6,14H,7-8,13H2,1-4H3. The number of methoxy groups -OCH3 is 3. The molecule has 0 radical (unpaired) electrons. The molecular formula is C12H21N3O3. The molecule has 0 heterocycles. The van der Waals surface area contributed by atoms with E-state index in [1.807, 2.05) is 24.1 Å². The molecule has 0 aliphatic carbocycles. The largest absolute Gasteiger partial charge is 0.493 e. The number of hydrogen-bond donors (Lipinski definition) is 2. The van der Waals surface area contributed by atoms with E-state index < -0.39 is 0 Å². The Kier molecular flexibility index (Phi) is 5.70. The van der Waals surface area contributed by atoms with Gasteiger partial charge < -0.3 is 14.2 Å². The Hall–Kier alpha value is -1.50. The maximum atomic E-state index is 5.30. The molecule has 102 valence electrons. The van der Waals surface area contributed by atoms with E-state index in [9.17, 15) is 0 Å². The molecule has 0 aromatic heterocycles. The lowest BCUT2D eigenvalue weighted by Crippen LogP contribution is -2.35. The van der Waals surface area contributed by atoms with Gasteiger partial charge in [-0.1, -0.05) is 0 Å². The molecule has 3 N–H and O–H groups in total. The number of hydrazine groups is 1. The monoisotopic (exact) mass is 255 g/mol. The van der Waals surface area contributed by atoms with Crippen LogP contribution in [-0.2, 0) is 6.54 Å². The predicted octanol–water partition coefficient (Wildman–Crippen LogP) is 0.565. The van der Waals surface area contributed by atoms with Crippen molar-refractivity contribution in [3.8, 4) is 17.2 Å². The summed E-state index contributed by atoms with van der Waals surface area (Å²) in [4.78, 5) is 2.03. The zero-order valence-corrected chi connectivity index (χ0v) is 11.3. The maximum Gasteiger partial charge on any atom is 0.203 e. The van der Waals surface area contributed by atoms with Crippen molar-refractivity contribution in [3.05, 3.63) is 17.7 Å². The minimum Gasteiger partial charge on any atom is -0.493 e. The van der Waals surface area contributed by atoms with Crippen LogP contribution in [0.4, 0.5) is 0 Å². The Balaban J connectivity index is 2.99. The van der Waals surface area contributed by atoms with Gasteiger partial charge in [0, 0.05) is 6.54 Å². The molecule has 6 nitrogen and oxygen atoms in total. The molecule has 1 aromatic carbocycles. The summed E-state index contributed by atoms with van der Waals surface area (Å²) in [5.74, 6) is 7.19. The molecule has 1 rings (SSSR count).